The van der Waals surface area contributed by atoms with Crippen molar-refractivity contribution >= 4 is 27.6 Å². The Hall–Kier alpha value is -1.94. The van der Waals surface area contributed by atoms with Gasteiger partial charge in [-0.2, -0.15) is 0 Å². The molecule has 3 atom stereocenters. The van der Waals surface area contributed by atoms with Crippen molar-refractivity contribution in [3.05, 3.63) is 71.8 Å². The van der Waals surface area contributed by atoms with Gasteiger partial charge >= 0.3 is 0 Å². The van der Waals surface area contributed by atoms with Gasteiger partial charge in [0.2, 0.25) is 5.91 Å². The molecule has 3 nitrogen and oxygen atoms in total. The van der Waals surface area contributed by atoms with Gasteiger partial charge in [-0.15, -0.1) is 0 Å². The number of alkyl halides is 1. The van der Waals surface area contributed by atoms with Gasteiger partial charge in [0.15, 0.2) is 0 Å². The average Bonchev–Trinajstić information content (AvgIpc) is 2.64. The molecular formula is C20H20BrNO2. The van der Waals surface area contributed by atoms with Gasteiger partial charge in [-0.3, -0.25) is 9.59 Å². The van der Waals surface area contributed by atoms with Crippen molar-refractivity contribution in [1.82, 2.24) is 4.90 Å². The maximum absolute atomic E-state index is 12.8. The lowest BCUT2D eigenvalue weighted by Gasteiger charge is -2.45. The minimum atomic E-state index is -0.234. The third kappa shape index (κ3) is 3.16. The molecule has 0 saturated carbocycles. The standard InChI is InChI=1S/C20H20BrNO2/c1-14-18(23)12-17(15-8-4-2-5-9-15)22(19(24)13-21)20(14)16-10-6-3-7-11-16/h2-11,14,17,20H,12-13H2,1H3/t14-,17+,20-/m1/s1. The minimum absolute atomic E-state index is 0.0112. The number of amides is 1. The van der Waals surface area contributed by atoms with Gasteiger partial charge < -0.3 is 4.90 Å². The molecule has 0 unspecified atom stereocenters. The number of halogens is 1. The molecule has 1 aliphatic rings. The minimum Gasteiger partial charge on any atom is -0.327 e. The number of hydrogen-bond donors (Lipinski definition) is 0. The third-order valence-corrected chi connectivity index (χ3v) is 5.22. The van der Waals surface area contributed by atoms with Crippen molar-refractivity contribution < 1.29 is 9.59 Å². The summed E-state index contributed by atoms with van der Waals surface area (Å²) in [6, 6.07) is 19.2. The second kappa shape index (κ2) is 7.31. The van der Waals surface area contributed by atoms with Crippen LogP contribution < -0.4 is 0 Å². The largest absolute Gasteiger partial charge is 0.327 e. The van der Waals surface area contributed by atoms with Gasteiger partial charge in [0, 0.05) is 12.3 Å². The number of Topliss-reactive ketones (excluding diaryl/α,β-unsaturated/α-hetero) is 1. The number of nitrogens with zero attached hydrogens (tertiary/aromatic N) is 1. The summed E-state index contributed by atoms with van der Waals surface area (Å²) < 4.78 is 0. The zero-order valence-electron chi connectivity index (χ0n) is 13.6. The Bertz CT molecular complexity index is 717. The van der Waals surface area contributed by atoms with Crippen molar-refractivity contribution in [3.8, 4) is 0 Å². The molecule has 0 N–H and O–H groups in total. The number of piperidine rings is 1. The predicted octanol–water partition coefficient (Wildman–Crippen LogP) is 4.30. The zero-order chi connectivity index (χ0) is 17.1. The molecule has 0 aliphatic carbocycles. The summed E-state index contributed by atoms with van der Waals surface area (Å²) in [5, 5.41) is 0.251. The molecule has 1 heterocycles. The van der Waals surface area contributed by atoms with Crippen LogP contribution in [0.25, 0.3) is 0 Å². The topological polar surface area (TPSA) is 37.4 Å². The number of likely N-dealkylation sites (tertiary alicyclic amines) is 1. The van der Waals surface area contributed by atoms with E-state index in [9.17, 15) is 9.59 Å². The van der Waals surface area contributed by atoms with Gasteiger partial charge in [-0.05, 0) is 11.1 Å². The van der Waals surface area contributed by atoms with Gasteiger partial charge in [0.05, 0.1) is 17.4 Å². The Balaban J connectivity index is 2.09. The molecule has 2 aromatic rings. The molecule has 2 aromatic carbocycles. The lowest BCUT2D eigenvalue weighted by atomic mass is 9.80. The Kier molecular flexibility index (Phi) is 5.14. The smallest absolute Gasteiger partial charge is 0.234 e. The van der Waals surface area contributed by atoms with Crippen LogP contribution in [0.15, 0.2) is 60.7 Å². The Morgan fingerprint density at radius 2 is 1.58 bits per heavy atom. The number of ketones is 1. The number of hydrogen-bond acceptors (Lipinski definition) is 2. The van der Waals surface area contributed by atoms with Crippen LogP contribution in [0.1, 0.15) is 36.6 Å². The summed E-state index contributed by atoms with van der Waals surface area (Å²) in [4.78, 5) is 27.3. The zero-order valence-corrected chi connectivity index (χ0v) is 15.1. The van der Waals surface area contributed by atoms with E-state index in [-0.39, 0.29) is 35.0 Å². The monoisotopic (exact) mass is 385 g/mol. The summed E-state index contributed by atoms with van der Waals surface area (Å²) in [5.74, 6) is 0.00347. The van der Waals surface area contributed by atoms with E-state index in [4.69, 9.17) is 0 Å². The maximum atomic E-state index is 12.8. The quantitative estimate of drug-likeness (QED) is 0.738. The fourth-order valence-electron chi connectivity index (χ4n) is 3.54. The molecular weight excluding hydrogens is 366 g/mol. The molecule has 0 radical (unpaired) electrons. The molecule has 1 fully saturated rings. The summed E-state index contributed by atoms with van der Waals surface area (Å²) in [7, 11) is 0. The van der Waals surface area contributed by atoms with E-state index in [1.807, 2.05) is 72.5 Å². The second-order valence-corrected chi connectivity index (χ2v) is 6.74. The number of benzene rings is 2. The third-order valence-electron chi connectivity index (χ3n) is 4.74. The lowest BCUT2D eigenvalue weighted by molar-refractivity contribution is -0.144. The summed E-state index contributed by atoms with van der Waals surface area (Å²) in [6.45, 7) is 1.93. The summed E-state index contributed by atoms with van der Waals surface area (Å²) in [5.41, 5.74) is 2.02. The van der Waals surface area contributed by atoms with E-state index < -0.39 is 0 Å². The molecule has 1 aliphatic heterocycles. The van der Waals surface area contributed by atoms with Crippen LogP contribution in [-0.4, -0.2) is 21.9 Å². The Morgan fingerprint density at radius 1 is 1.04 bits per heavy atom. The summed E-state index contributed by atoms with van der Waals surface area (Å²) in [6.07, 6.45) is 0.368. The van der Waals surface area contributed by atoms with Crippen molar-refractivity contribution in [2.75, 3.05) is 5.33 Å². The predicted molar refractivity (Wildman–Crippen MR) is 97.8 cm³/mol. The highest BCUT2D eigenvalue weighted by atomic mass is 79.9. The average molecular weight is 386 g/mol. The van der Waals surface area contributed by atoms with Crippen LogP contribution in [0.4, 0.5) is 0 Å². The fourth-order valence-corrected chi connectivity index (χ4v) is 3.83. The SMILES string of the molecule is C[C@@H]1C(=O)C[C@@H](c2ccccc2)N(C(=O)CBr)[C@H]1c1ccccc1. The molecule has 0 bridgehead atoms. The Labute approximate surface area is 150 Å². The van der Waals surface area contributed by atoms with Crippen molar-refractivity contribution in [2.24, 2.45) is 5.92 Å². The van der Waals surface area contributed by atoms with Crippen LogP contribution in [0.3, 0.4) is 0 Å². The van der Waals surface area contributed by atoms with Crippen molar-refractivity contribution in [3.63, 3.8) is 0 Å². The number of carbonyl (C=O) groups excluding carboxylic acids is 2. The molecule has 124 valence electrons. The van der Waals surface area contributed by atoms with Gasteiger partial charge in [0.1, 0.15) is 5.78 Å². The van der Waals surface area contributed by atoms with E-state index >= 15 is 0 Å². The second-order valence-electron chi connectivity index (χ2n) is 6.18. The number of rotatable bonds is 3. The molecule has 24 heavy (non-hydrogen) atoms. The van der Waals surface area contributed by atoms with Crippen molar-refractivity contribution in [1.29, 1.82) is 0 Å². The highest BCUT2D eigenvalue weighted by Crippen LogP contribution is 2.43. The van der Waals surface area contributed by atoms with E-state index in [0.29, 0.717) is 6.42 Å². The lowest BCUT2D eigenvalue weighted by Crippen LogP contribution is -2.48. The highest BCUT2D eigenvalue weighted by Gasteiger charge is 2.43. The molecule has 0 aromatic heterocycles. The highest BCUT2D eigenvalue weighted by molar-refractivity contribution is 9.09. The van der Waals surface area contributed by atoms with E-state index in [1.54, 1.807) is 0 Å². The Morgan fingerprint density at radius 3 is 2.12 bits per heavy atom. The van der Waals surface area contributed by atoms with Crippen LogP contribution >= 0.6 is 15.9 Å². The molecule has 1 saturated heterocycles. The van der Waals surface area contributed by atoms with E-state index in [1.165, 1.54) is 0 Å². The number of carbonyl (C=O) groups is 2. The van der Waals surface area contributed by atoms with E-state index in [0.717, 1.165) is 11.1 Å². The molecule has 0 spiro atoms. The molecule has 4 heteroatoms. The molecule has 1 amide bonds. The van der Waals surface area contributed by atoms with Gasteiger partial charge in [-0.25, -0.2) is 0 Å². The first kappa shape index (κ1) is 16.9. The molecule has 3 rings (SSSR count). The first-order valence-corrected chi connectivity index (χ1v) is 9.25. The van der Waals surface area contributed by atoms with Gasteiger partial charge in [-0.1, -0.05) is 83.5 Å². The van der Waals surface area contributed by atoms with Crippen LogP contribution in [0, 0.1) is 5.92 Å². The van der Waals surface area contributed by atoms with Gasteiger partial charge in [0.25, 0.3) is 0 Å². The summed E-state index contributed by atoms with van der Waals surface area (Å²) >= 11 is 3.31. The first-order valence-electron chi connectivity index (χ1n) is 8.13. The maximum Gasteiger partial charge on any atom is 0.234 e. The van der Waals surface area contributed by atoms with E-state index in [2.05, 4.69) is 15.9 Å². The van der Waals surface area contributed by atoms with Crippen LogP contribution in [-0.2, 0) is 9.59 Å². The van der Waals surface area contributed by atoms with Crippen LogP contribution in [0.2, 0.25) is 0 Å². The van der Waals surface area contributed by atoms with Crippen LogP contribution in [0.5, 0.6) is 0 Å². The first-order chi connectivity index (χ1) is 11.6. The van der Waals surface area contributed by atoms with Crippen molar-refractivity contribution in [2.45, 2.75) is 25.4 Å². The fraction of sp³-hybridized carbons (Fsp3) is 0.300. The normalized spacial score (nSPS) is 24.0.